The molecular weight excluding hydrogens is 502 g/mol. The van der Waals surface area contributed by atoms with Gasteiger partial charge in [0.05, 0.1) is 11.1 Å². The largest absolute Gasteiger partial charge is 0.276 e. The number of hydrazine groups is 1. The van der Waals surface area contributed by atoms with Gasteiger partial charge >= 0.3 is 0 Å². The van der Waals surface area contributed by atoms with Crippen molar-refractivity contribution >= 4 is 34.4 Å². The first-order valence-corrected chi connectivity index (χ1v) is 13.5. The van der Waals surface area contributed by atoms with Crippen molar-refractivity contribution in [1.29, 1.82) is 0 Å². The average Bonchev–Trinajstić information content (AvgIpc) is 2.95. The molecule has 0 saturated carbocycles. The summed E-state index contributed by atoms with van der Waals surface area (Å²) in [4.78, 5) is 56.5. The highest BCUT2D eigenvalue weighted by Gasteiger charge is 2.42. The van der Waals surface area contributed by atoms with E-state index in [4.69, 9.17) is 0 Å². The fourth-order valence-corrected chi connectivity index (χ4v) is 5.59. The van der Waals surface area contributed by atoms with Crippen molar-refractivity contribution in [1.82, 2.24) is 14.9 Å². The Morgan fingerprint density at radius 1 is 0.550 bits per heavy atom. The summed E-state index contributed by atoms with van der Waals surface area (Å²) >= 11 is 0. The van der Waals surface area contributed by atoms with Crippen LogP contribution in [0.4, 0.5) is 0 Å². The van der Waals surface area contributed by atoms with Gasteiger partial charge in [-0.3, -0.25) is 24.1 Å². The summed E-state index contributed by atoms with van der Waals surface area (Å²) < 4.78 is 0. The maximum Gasteiger partial charge on any atom is 0.276 e. The highest BCUT2D eigenvalue weighted by atomic mass is 16.2. The van der Waals surface area contributed by atoms with Crippen molar-refractivity contribution in [3.63, 3.8) is 0 Å². The quantitative estimate of drug-likeness (QED) is 0.286. The third-order valence-electron chi connectivity index (χ3n) is 7.98. The SMILES string of the molecule is CC(C)C(C)N1C(=O)c2ccc3c4c(ccc(c24)C1=O)C(=O)N(N(Cc1ccccc1)Cc1ccccc1)C3=O. The van der Waals surface area contributed by atoms with Gasteiger partial charge in [-0.2, -0.15) is 0 Å². The molecular formula is C33H29N3O4. The van der Waals surface area contributed by atoms with Crippen LogP contribution in [0.3, 0.4) is 0 Å². The second-order valence-corrected chi connectivity index (χ2v) is 10.8. The molecule has 2 heterocycles. The van der Waals surface area contributed by atoms with E-state index in [0.29, 0.717) is 46.1 Å². The summed E-state index contributed by atoms with van der Waals surface area (Å²) in [6.07, 6.45) is 0. The van der Waals surface area contributed by atoms with E-state index in [1.165, 1.54) is 9.91 Å². The number of carbonyl (C=O) groups excluding carboxylic acids is 4. The van der Waals surface area contributed by atoms with E-state index in [1.54, 1.807) is 29.3 Å². The van der Waals surface area contributed by atoms with E-state index < -0.39 is 23.6 Å². The molecule has 40 heavy (non-hydrogen) atoms. The molecule has 0 radical (unpaired) electrons. The number of rotatable bonds is 7. The van der Waals surface area contributed by atoms with Crippen molar-refractivity contribution in [3.8, 4) is 0 Å². The molecule has 0 spiro atoms. The smallest absolute Gasteiger partial charge is 0.271 e. The zero-order valence-corrected chi connectivity index (χ0v) is 22.6. The molecule has 4 amide bonds. The number of carbonyl (C=O) groups is 4. The normalized spacial score (nSPS) is 15.5. The van der Waals surface area contributed by atoms with Crippen molar-refractivity contribution in [2.45, 2.75) is 39.9 Å². The molecule has 4 aromatic carbocycles. The lowest BCUT2D eigenvalue weighted by molar-refractivity contribution is -0.0120. The molecule has 1 unspecified atom stereocenters. The zero-order chi connectivity index (χ0) is 28.1. The molecule has 4 aromatic rings. The Labute approximate surface area is 232 Å². The molecule has 2 aliphatic heterocycles. The zero-order valence-electron chi connectivity index (χ0n) is 22.6. The van der Waals surface area contributed by atoms with Crippen molar-refractivity contribution in [2.24, 2.45) is 5.92 Å². The van der Waals surface area contributed by atoms with Crippen LogP contribution in [-0.4, -0.2) is 44.6 Å². The first kappa shape index (κ1) is 25.6. The lowest BCUT2D eigenvalue weighted by atomic mass is 9.85. The Balaban J connectivity index is 1.47. The molecule has 0 fully saturated rings. The Kier molecular flexibility index (Phi) is 6.31. The summed E-state index contributed by atoms with van der Waals surface area (Å²) in [6, 6.07) is 25.5. The molecule has 1 atom stereocenters. The molecule has 200 valence electrons. The van der Waals surface area contributed by atoms with Gasteiger partial charge in [0, 0.05) is 41.0 Å². The van der Waals surface area contributed by atoms with Crippen LogP contribution in [0.2, 0.25) is 0 Å². The number of amides is 4. The average molecular weight is 532 g/mol. The van der Waals surface area contributed by atoms with Crippen molar-refractivity contribution < 1.29 is 19.2 Å². The number of hydrogen-bond donors (Lipinski definition) is 0. The van der Waals surface area contributed by atoms with E-state index >= 15 is 0 Å². The lowest BCUT2D eigenvalue weighted by Gasteiger charge is -2.38. The Morgan fingerprint density at radius 3 is 1.30 bits per heavy atom. The minimum Gasteiger partial charge on any atom is -0.271 e. The minimum atomic E-state index is -0.481. The minimum absolute atomic E-state index is 0.0688. The van der Waals surface area contributed by atoms with Crippen molar-refractivity contribution in [3.05, 3.63) is 118 Å². The number of nitrogens with zero attached hydrogens (tertiary/aromatic N) is 3. The number of hydrogen-bond acceptors (Lipinski definition) is 5. The summed E-state index contributed by atoms with van der Waals surface area (Å²) in [5.74, 6) is -1.70. The van der Waals surface area contributed by atoms with Crippen LogP contribution in [-0.2, 0) is 13.1 Å². The van der Waals surface area contributed by atoms with Gasteiger partial charge in [0.25, 0.3) is 23.6 Å². The molecule has 0 bridgehead atoms. The Bertz CT molecular complexity index is 1570. The lowest BCUT2D eigenvalue weighted by Crippen LogP contribution is -2.52. The molecule has 6 rings (SSSR count). The van der Waals surface area contributed by atoms with E-state index in [-0.39, 0.29) is 12.0 Å². The van der Waals surface area contributed by atoms with Crippen molar-refractivity contribution in [2.75, 3.05) is 0 Å². The summed E-state index contributed by atoms with van der Waals surface area (Å²) in [7, 11) is 0. The van der Waals surface area contributed by atoms with Gasteiger partial charge in [-0.1, -0.05) is 74.5 Å². The molecule has 0 aromatic heterocycles. The van der Waals surface area contributed by atoms with Gasteiger partial charge < -0.3 is 0 Å². The van der Waals surface area contributed by atoms with Crippen LogP contribution < -0.4 is 0 Å². The van der Waals surface area contributed by atoms with E-state index in [0.717, 1.165) is 11.1 Å². The van der Waals surface area contributed by atoms with Gasteiger partial charge in [0.15, 0.2) is 0 Å². The first-order chi connectivity index (χ1) is 19.3. The molecule has 2 aliphatic rings. The predicted molar refractivity (Wildman–Crippen MR) is 151 cm³/mol. The van der Waals surface area contributed by atoms with Crippen LogP contribution in [0.15, 0.2) is 84.9 Å². The predicted octanol–water partition coefficient (Wildman–Crippen LogP) is 5.69. The highest BCUT2D eigenvalue weighted by molar-refractivity contribution is 6.33. The summed E-state index contributed by atoms with van der Waals surface area (Å²) in [5, 5.41) is 3.72. The second kappa shape index (κ2) is 9.84. The Hall–Kier alpha value is -4.62. The summed E-state index contributed by atoms with van der Waals surface area (Å²) in [6.45, 7) is 6.45. The van der Waals surface area contributed by atoms with Crippen LogP contribution in [0.5, 0.6) is 0 Å². The first-order valence-electron chi connectivity index (χ1n) is 13.5. The maximum atomic E-state index is 14.1. The molecule has 7 nitrogen and oxygen atoms in total. The summed E-state index contributed by atoms with van der Waals surface area (Å²) in [5.41, 5.74) is 3.17. The van der Waals surface area contributed by atoms with Gasteiger partial charge in [0.2, 0.25) is 0 Å². The topological polar surface area (TPSA) is 78.0 Å². The third-order valence-corrected chi connectivity index (χ3v) is 7.98. The van der Waals surface area contributed by atoms with Crippen LogP contribution in [0, 0.1) is 5.92 Å². The van der Waals surface area contributed by atoms with Gasteiger partial charge in [0.1, 0.15) is 0 Å². The van der Waals surface area contributed by atoms with Gasteiger partial charge in [-0.15, -0.1) is 0 Å². The number of imide groups is 2. The van der Waals surface area contributed by atoms with Crippen LogP contribution in [0.25, 0.3) is 10.8 Å². The maximum absolute atomic E-state index is 14.1. The fraction of sp³-hybridized carbons (Fsp3) is 0.212. The van der Waals surface area contributed by atoms with Crippen LogP contribution >= 0.6 is 0 Å². The van der Waals surface area contributed by atoms with Crippen LogP contribution in [0.1, 0.15) is 73.3 Å². The molecule has 0 saturated heterocycles. The standard InChI is InChI=1S/C33H29N3O4/c1-20(2)21(3)35-30(37)24-14-16-26-29-27(17-15-25(28(24)29)31(35)38)33(40)36(32(26)39)34(18-22-10-6-4-7-11-22)19-23-12-8-5-9-13-23/h4-17,20-21H,18-19H2,1-3H3. The van der Waals surface area contributed by atoms with E-state index in [1.807, 2.05) is 81.4 Å². The van der Waals surface area contributed by atoms with E-state index in [9.17, 15) is 19.2 Å². The van der Waals surface area contributed by atoms with Gasteiger partial charge in [-0.05, 0) is 48.2 Å². The fourth-order valence-electron chi connectivity index (χ4n) is 5.59. The highest BCUT2D eigenvalue weighted by Crippen LogP contribution is 2.39. The van der Waals surface area contributed by atoms with E-state index in [2.05, 4.69) is 0 Å². The monoisotopic (exact) mass is 531 g/mol. The molecule has 0 aliphatic carbocycles. The molecule has 0 N–H and O–H groups in total. The molecule has 7 heteroatoms. The third kappa shape index (κ3) is 4.01. The number of benzene rings is 4. The Morgan fingerprint density at radius 2 is 0.925 bits per heavy atom. The van der Waals surface area contributed by atoms with Gasteiger partial charge in [-0.25, -0.2) is 10.0 Å². The second-order valence-electron chi connectivity index (χ2n) is 10.8.